The summed E-state index contributed by atoms with van der Waals surface area (Å²) < 4.78 is 0. The average Bonchev–Trinajstić information content (AvgIpc) is 3.20. The van der Waals surface area contributed by atoms with Gasteiger partial charge < -0.3 is 10.2 Å². The van der Waals surface area contributed by atoms with Gasteiger partial charge in [-0.15, -0.1) is 0 Å². The van der Waals surface area contributed by atoms with E-state index in [9.17, 15) is 9.59 Å². The van der Waals surface area contributed by atoms with Crippen molar-refractivity contribution >= 4 is 17.5 Å². The molecule has 1 saturated heterocycles. The SMILES string of the molecule is CC(NC(=O)c1ccc(N2CCCC2=O)cc1)c1ccc(-c2ccccc2)cc1. The van der Waals surface area contributed by atoms with Gasteiger partial charge in [0.1, 0.15) is 0 Å². The first-order valence-corrected chi connectivity index (χ1v) is 9.98. The second kappa shape index (κ2) is 8.31. The van der Waals surface area contributed by atoms with Crippen LogP contribution in [0, 0.1) is 0 Å². The highest BCUT2D eigenvalue weighted by Crippen LogP contribution is 2.23. The van der Waals surface area contributed by atoms with E-state index in [1.165, 1.54) is 5.56 Å². The van der Waals surface area contributed by atoms with E-state index in [-0.39, 0.29) is 17.9 Å². The second-order valence-electron chi connectivity index (χ2n) is 7.38. The largest absolute Gasteiger partial charge is 0.346 e. The lowest BCUT2D eigenvalue weighted by Crippen LogP contribution is -2.27. The topological polar surface area (TPSA) is 49.4 Å². The van der Waals surface area contributed by atoms with E-state index in [0.29, 0.717) is 12.0 Å². The number of anilines is 1. The minimum absolute atomic E-state index is 0.104. The van der Waals surface area contributed by atoms with Crippen LogP contribution in [0.25, 0.3) is 11.1 Å². The summed E-state index contributed by atoms with van der Waals surface area (Å²) in [7, 11) is 0. The van der Waals surface area contributed by atoms with Crippen LogP contribution >= 0.6 is 0 Å². The molecule has 1 fully saturated rings. The van der Waals surface area contributed by atoms with Crippen LogP contribution in [0.3, 0.4) is 0 Å². The minimum atomic E-state index is -0.121. The molecule has 1 heterocycles. The number of benzene rings is 3. The third-order valence-corrected chi connectivity index (χ3v) is 5.38. The summed E-state index contributed by atoms with van der Waals surface area (Å²) in [5.74, 6) is 0.0266. The fraction of sp³-hybridized carbons (Fsp3) is 0.200. The van der Waals surface area contributed by atoms with E-state index in [0.717, 1.165) is 29.8 Å². The Bertz CT molecular complexity index is 995. The first-order chi connectivity index (χ1) is 14.1. The molecule has 1 atom stereocenters. The van der Waals surface area contributed by atoms with Crippen LogP contribution < -0.4 is 10.2 Å². The van der Waals surface area contributed by atoms with Crippen LogP contribution in [0.4, 0.5) is 5.69 Å². The molecule has 1 aliphatic rings. The van der Waals surface area contributed by atoms with E-state index in [1.54, 1.807) is 17.0 Å². The van der Waals surface area contributed by atoms with Gasteiger partial charge in [-0.05, 0) is 54.3 Å². The van der Waals surface area contributed by atoms with Gasteiger partial charge in [0, 0.05) is 24.2 Å². The lowest BCUT2D eigenvalue weighted by molar-refractivity contribution is -0.117. The molecule has 29 heavy (non-hydrogen) atoms. The van der Waals surface area contributed by atoms with Crippen LogP contribution in [-0.2, 0) is 4.79 Å². The van der Waals surface area contributed by atoms with Crippen molar-refractivity contribution < 1.29 is 9.59 Å². The van der Waals surface area contributed by atoms with Crippen molar-refractivity contribution in [3.8, 4) is 11.1 Å². The third kappa shape index (κ3) is 4.21. The highest BCUT2D eigenvalue weighted by atomic mass is 16.2. The normalized spacial score (nSPS) is 14.7. The summed E-state index contributed by atoms with van der Waals surface area (Å²) in [5.41, 5.74) is 4.83. The lowest BCUT2D eigenvalue weighted by atomic mass is 10.0. The molecule has 0 spiro atoms. The van der Waals surface area contributed by atoms with E-state index in [4.69, 9.17) is 0 Å². The monoisotopic (exact) mass is 384 g/mol. The Morgan fingerprint density at radius 3 is 2.17 bits per heavy atom. The Morgan fingerprint density at radius 2 is 1.55 bits per heavy atom. The zero-order valence-corrected chi connectivity index (χ0v) is 16.5. The van der Waals surface area contributed by atoms with Gasteiger partial charge >= 0.3 is 0 Å². The van der Waals surface area contributed by atoms with Gasteiger partial charge in [0.15, 0.2) is 0 Å². The first-order valence-electron chi connectivity index (χ1n) is 9.98. The van der Waals surface area contributed by atoms with Gasteiger partial charge in [-0.25, -0.2) is 0 Å². The predicted octanol–water partition coefficient (Wildman–Crippen LogP) is 4.97. The smallest absolute Gasteiger partial charge is 0.251 e. The molecule has 0 radical (unpaired) electrons. The number of carbonyl (C=O) groups excluding carboxylic acids is 2. The van der Waals surface area contributed by atoms with Crippen molar-refractivity contribution in [2.75, 3.05) is 11.4 Å². The Morgan fingerprint density at radius 1 is 0.897 bits per heavy atom. The van der Waals surface area contributed by atoms with Gasteiger partial charge in [-0.3, -0.25) is 9.59 Å². The molecular formula is C25H24N2O2. The van der Waals surface area contributed by atoms with Crippen LogP contribution in [0.15, 0.2) is 78.9 Å². The Kier molecular flexibility index (Phi) is 5.43. The lowest BCUT2D eigenvalue weighted by Gasteiger charge is -2.17. The molecule has 4 heteroatoms. The molecule has 4 nitrogen and oxygen atoms in total. The van der Waals surface area contributed by atoms with Gasteiger partial charge in [0.25, 0.3) is 5.91 Å². The fourth-order valence-corrected chi connectivity index (χ4v) is 3.67. The summed E-state index contributed by atoms with van der Waals surface area (Å²) >= 11 is 0. The highest BCUT2D eigenvalue weighted by Gasteiger charge is 2.21. The fourth-order valence-electron chi connectivity index (χ4n) is 3.67. The van der Waals surface area contributed by atoms with Crippen LogP contribution in [0.1, 0.15) is 41.7 Å². The number of rotatable bonds is 5. The van der Waals surface area contributed by atoms with Crippen molar-refractivity contribution in [3.05, 3.63) is 90.0 Å². The first kappa shape index (κ1) is 18.9. The number of nitrogens with one attached hydrogen (secondary N) is 1. The minimum Gasteiger partial charge on any atom is -0.346 e. The average molecular weight is 384 g/mol. The van der Waals surface area contributed by atoms with Crippen molar-refractivity contribution in [2.24, 2.45) is 0 Å². The maximum absolute atomic E-state index is 12.6. The maximum Gasteiger partial charge on any atom is 0.251 e. The van der Waals surface area contributed by atoms with Crippen molar-refractivity contribution in [1.29, 1.82) is 0 Å². The second-order valence-corrected chi connectivity index (χ2v) is 7.38. The molecule has 0 bridgehead atoms. The van der Waals surface area contributed by atoms with E-state index < -0.39 is 0 Å². The summed E-state index contributed by atoms with van der Waals surface area (Å²) in [5, 5.41) is 3.05. The molecule has 4 rings (SSSR count). The number of nitrogens with zero attached hydrogens (tertiary/aromatic N) is 1. The summed E-state index contributed by atoms with van der Waals surface area (Å²) in [4.78, 5) is 26.3. The van der Waals surface area contributed by atoms with E-state index in [1.807, 2.05) is 37.3 Å². The number of hydrogen-bond donors (Lipinski definition) is 1. The van der Waals surface area contributed by atoms with Crippen molar-refractivity contribution in [3.63, 3.8) is 0 Å². The molecule has 0 saturated carbocycles. The highest BCUT2D eigenvalue weighted by molar-refractivity contribution is 5.97. The van der Waals surface area contributed by atoms with Gasteiger partial charge in [0.2, 0.25) is 5.91 Å². The molecule has 0 aliphatic carbocycles. The zero-order valence-electron chi connectivity index (χ0n) is 16.5. The number of amides is 2. The molecule has 2 amide bonds. The zero-order chi connectivity index (χ0) is 20.2. The van der Waals surface area contributed by atoms with Crippen LogP contribution in [-0.4, -0.2) is 18.4 Å². The molecule has 1 N–H and O–H groups in total. The molecule has 146 valence electrons. The van der Waals surface area contributed by atoms with Gasteiger partial charge in [0.05, 0.1) is 6.04 Å². The standard InChI is InChI=1S/C25H24N2O2/c1-18(19-9-11-21(12-10-19)20-6-3-2-4-7-20)26-25(29)22-13-15-23(16-14-22)27-17-5-8-24(27)28/h2-4,6-7,9-16,18H,5,8,17H2,1H3,(H,26,29). The van der Waals surface area contributed by atoms with Crippen LogP contribution in [0.5, 0.6) is 0 Å². The predicted molar refractivity (Wildman–Crippen MR) is 116 cm³/mol. The molecule has 1 aliphatic heterocycles. The van der Waals surface area contributed by atoms with Gasteiger partial charge in [-0.1, -0.05) is 54.6 Å². The van der Waals surface area contributed by atoms with Crippen LogP contribution in [0.2, 0.25) is 0 Å². The Balaban J connectivity index is 1.41. The Hall–Kier alpha value is -3.40. The van der Waals surface area contributed by atoms with E-state index >= 15 is 0 Å². The quantitative estimate of drug-likeness (QED) is 0.675. The molecule has 3 aromatic rings. The molecule has 3 aromatic carbocycles. The molecule has 0 aromatic heterocycles. The van der Waals surface area contributed by atoms with Gasteiger partial charge in [-0.2, -0.15) is 0 Å². The number of hydrogen-bond acceptors (Lipinski definition) is 2. The Labute approximate surface area is 171 Å². The number of carbonyl (C=O) groups is 2. The summed E-state index contributed by atoms with van der Waals surface area (Å²) in [6.07, 6.45) is 1.49. The van der Waals surface area contributed by atoms with Crippen molar-refractivity contribution in [1.82, 2.24) is 5.32 Å². The molecule has 1 unspecified atom stereocenters. The van der Waals surface area contributed by atoms with Crippen molar-refractivity contribution in [2.45, 2.75) is 25.8 Å². The summed E-state index contributed by atoms with van der Waals surface area (Å²) in [6.45, 7) is 2.73. The summed E-state index contributed by atoms with van der Waals surface area (Å²) in [6, 6.07) is 25.6. The maximum atomic E-state index is 12.6. The van der Waals surface area contributed by atoms with E-state index in [2.05, 4.69) is 41.7 Å². The third-order valence-electron chi connectivity index (χ3n) is 5.38. The molecular weight excluding hydrogens is 360 g/mol.